The van der Waals surface area contributed by atoms with E-state index in [-0.39, 0.29) is 40.2 Å². The van der Waals surface area contributed by atoms with Gasteiger partial charge in [-0.1, -0.05) is 22.8 Å². The normalized spacial score (nSPS) is 14.0. The number of carbonyl (C=O) groups is 1. The van der Waals surface area contributed by atoms with Crippen LogP contribution in [0.15, 0.2) is 22.7 Å². The molecule has 0 bridgehead atoms. The molecule has 1 aromatic carbocycles. The second kappa shape index (κ2) is 7.29. The van der Waals surface area contributed by atoms with Gasteiger partial charge in [0, 0.05) is 25.6 Å². The molecule has 1 aliphatic rings. The number of nitrogens with one attached hydrogen (secondary N) is 2. The molecule has 1 aromatic heterocycles. The number of hydrogen-bond donors (Lipinski definition) is 2. The van der Waals surface area contributed by atoms with Crippen molar-refractivity contribution in [2.45, 2.75) is 6.92 Å². The molecule has 0 radical (unpaired) electrons. The quantitative estimate of drug-likeness (QED) is 0.880. The van der Waals surface area contributed by atoms with Crippen molar-refractivity contribution in [3.8, 4) is 11.3 Å². The Morgan fingerprint density at radius 2 is 2.26 bits per heavy atom. The summed E-state index contributed by atoms with van der Waals surface area (Å²) < 4.78 is 19.1. The number of aryl methyl sites for hydroxylation is 1. The van der Waals surface area contributed by atoms with Crippen molar-refractivity contribution < 1.29 is 13.7 Å². The van der Waals surface area contributed by atoms with Gasteiger partial charge in [0.2, 0.25) is 0 Å². The maximum atomic E-state index is 14.1. The molecule has 1 amide bonds. The third-order valence-electron chi connectivity index (χ3n) is 3.71. The van der Waals surface area contributed by atoms with Crippen LogP contribution in [0.1, 0.15) is 16.1 Å². The molecule has 0 aliphatic carbocycles. The average Bonchev–Trinajstić information content (AvgIpc) is 2.78. The predicted molar refractivity (Wildman–Crippen MR) is 87.6 cm³/mol. The summed E-state index contributed by atoms with van der Waals surface area (Å²) in [6, 6.07) is 4.32. The van der Waals surface area contributed by atoms with Crippen molar-refractivity contribution >= 4 is 29.9 Å². The maximum absolute atomic E-state index is 14.1. The predicted octanol–water partition coefficient (Wildman–Crippen LogP) is 2.81. The third-order valence-corrected chi connectivity index (χ3v) is 4.02. The third kappa shape index (κ3) is 3.49. The average molecular weight is 360 g/mol. The molecule has 2 N–H and O–H groups in total. The second-order valence-electron chi connectivity index (χ2n) is 5.29. The number of halogens is 3. The van der Waals surface area contributed by atoms with Crippen LogP contribution >= 0.6 is 24.0 Å². The number of hydrogen-bond acceptors (Lipinski definition) is 4. The van der Waals surface area contributed by atoms with Gasteiger partial charge in [-0.25, -0.2) is 4.39 Å². The van der Waals surface area contributed by atoms with Crippen LogP contribution < -0.4 is 10.6 Å². The van der Waals surface area contributed by atoms with Gasteiger partial charge in [-0.05, 0) is 19.1 Å². The van der Waals surface area contributed by atoms with E-state index in [1.54, 1.807) is 13.0 Å². The Kier molecular flexibility index (Phi) is 5.62. The number of amides is 1. The molecule has 23 heavy (non-hydrogen) atoms. The van der Waals surface area contributed by atoms with E-state index >= 15 is 0 Å². The molecule has 124 valence electrons. The summed E-state index contributed by atoms with van der Waals surface area (Å²) in [4.78, 5) is 12.4. The van der Waals surface area contributed by atoms with Crippen LogP contribution in [0.2, 0.25) is 5.02 Å². The van der Waals surface area contributed by atoms with Gasteiger partial charge in [0.25, 0.3) is 5.91 Å². The van der Waals surface area contributed by atoms with Gasteiger partial charge in [-0.15, -0.1) is 12.4 Å². The zero-order chi connectivity index (χ0) is 15.7. The van der Waals surface area contributed by atoms with Gasteiger partial charge in [-0.2, -0.15) is 0 Å². The summed E-state index contributed by atoms with van der Waals surface area (Å²) in [5.41, 5.74) is 0.431. The van der Waals surface area contributed by atoms with E-state index in [4.69, 9.17) is 16.1 Å². The Labute approximate surface area is 144 Å². The molecule has 5 nitrogen and oxygen atoms in total. The van der Waals surface area contributed by atoms with E-state index in [0.717, 1.165) is 13.1 Å². The van der Waals surface area contributed by atoms with Crippen molar-refractivity contribution in [1.82, 2.24) is 15.8 Å². The van der Waals surface area contributed by atoms with Crippen LogP contribution in [0.25, 0.3) is 11.3 Å². The smallest absolute Gasteiger partial charge is 0.257 e. The largest absolute Gasteiger partial charge is 0.360 e. The SMILES string of the molecule is Cc1onc(-c2c(F)cccc2Cl)c1C(=O)NCC1CNC1.Cl. The summed E-state index contributed by atoms with van der Waals surface area (Å²) >= 11 is 6.05. The van der Waals surface area contributed by atoms with Crippen LogP contribution in [-0.4, -0.2) is 30.7 Å². The second-order valence-corrected chi connectivity index (χ2v) is 5.70. The molecule has 1 aliphatic heterocycles. The molecule has 0 saturated carbocycles. The van der Waals surface area contributed by atoms with Crippen LogP contribution in [0.4, 0.5) is 4.39 Å². The summed E-state index contributed by atoms with van der Waals surface area (Å²) in [7, 11) is 0. The van der Waals surface area contributed by atoms with Gasteiger partial charge in [-0.3, -0.25) is 4.79 Å². The lowest BCUT2D eigenvalue weighted by Gasteiger charge is -2.27. The summed E-state index contributed by atoms with van der Waals surface area (Å²) in [6.07, 6.45) is 0. The Morgan fingerprint density at radius 3 is 2.87 bits per heavy atom. The van der Waals surface area contributed by atoms with E-state index in [0.29, 0.717) is 18.2 Å². The molecule has 3 rings (SSSR count). The Balaban J connectivity index is 0.00000192. The molecular formula is C15H16Cl2FN3O2. The van der Waals surface area contributed by atoms with Crippen molar-refractivity contribution in [2.75, 3.05) is 19.6 Å². The van der Waals surface area contributed by atoms with E-state index in [1.807, 2.05) is 0 Å². The fourth-order valence-electron chi connectivity index (χ4n) is 2.35. The highest BCUT2D eigenvalue weighted by Gasteiger charge is 2.26. The fraction of sp³-hybridized carbons (Fsp3) is 0.333. The Bertz CT molecular complexity index is 696. The number of nitrogens with zero attached hydrogens (tertiary/aromatic N) is 1. The zero-order valence-corrected chi connectivity index (χ0v) is 13.9. The summed E-state index contributed by atoms with van der Waals surface area (Å²) in [6.45, 7) is 3.94. The number of rotatable bonds is 4. The first-order valence-corrected chi connectivity index (χ1v) is 7.35. The van der Waals surface area contributed by atoms with Crippen LogP contribution in [0, 0.1) is 18.7 Å². The van der Waals surface area contributed by atoms with E-state index in [9.17, 15) is 9.18 Å². The minimum Gasteiger partial charge on any atom is -0.360 e. The highest BCUT2D eigenvalue weighted by Crippen LogP contribution is 2.33. The first-order chi connectivity index (χ1) is 10.6. The molecule has 0 atom stereocenters. The molecule has 2 heterocycles. The monoisotopic (exact) mass is 359 g/mol. The minimum absolute atomic E-state index is 0. The standard InChI is InChI=1S/C15H15ClFN3O2.ClH/c1-8-12(15(21)19-7-9-5-18-6-9)14(20-22-8)13-10(16)3-2-4-11(13)17;/h2-4,9,18H,5-7H2,1H3,(H,19,21);1H. The lowest BCUT2D eigenvalue weighted by atomic mass is 10.0. The van der Waals surface area contributed by atoms with Crippen LogP contribution in [-0.2, 0) is 0 Å². The van der Waals surface area contributed by atoms with Crippen molar-refractivity contribution in [2.24, 2.45) is 5.92 Å². The molecule has 1 saturated heterocycles. The summed E-state index contributed by atoms with van der Waals surface area (Å²) in [5.74, 6) is -0.124. The topological polar surface area (TPSA) is 67.2 Å². The molecule has 0 unspecified atom stereocenters. The fourth-order valence-corrected chi connectivity index (χ4v) is 2.60. The van der Waals surface area contributed by atoms with Crippen LogP contribution in [0.3, 0.4) is 0 Å². The van der Waals surface area contributed by atoms with Gasteiger partial charge in [0.05, 0.1) is 10.6 Å². The molecule has 1 fully saturated rings. The number of aromatic nitrogens is 1. The van der Waals surface area contributed by atoms with Crippen molar-refractivity contribution in [3.63, 3.8) is 0 Å². The van der Waals surface area contributed by atoms with Gasteiger partial charge in [0.1, 0.15) is 22.8 Å². The lowest BCUT2D eigenvalue weighted by molar-refractivity contribution is 0.0941. The van der Waals surface area contributed by atoms with Crippen molar-refractivity contribution in [3.05, 3.63) is 40.4 Å². The number of carbonyl (C=O) groups excluding carboxylic acids is 1. The molecular weight excluding hydrogens is 344 g/mol. The zero-order valence-electron chi connectivity index (χ0n) is 12.4. The maximum Gasteiger partial charge on any atom is 0.257 e. The number of benzene rings is 1. The Morgan fingerprint density at radius 1 is 1.52 bits per heavy atom. The van der Waals surface area contributed by atoms with E-state index in [1.165, 1.54) is 12.1 Å². The highest BCUT2D eigenvalue weighted by atomic mass is 35.5. The van der Waals surface area contributed by atoms with Crippen LogP contribution in [0.5, 0.6) is 0 Å². The molecule has 0 spiro atoms. The van der Waals surface area contributed by atoms with Gasteiger partial charge in [0.15, 0.2) is 0 Å². The Hall–Kier alpha value is -1.63. The first-order valence-electron chi connectivity index (χ1n) is 6.97. The lowest BCUT2D eigenvalue weighted by Crippen LogP contribution is -2.48. The van der Waals surface area contributed by atoms with Gasteiger partial charge >= 0.3 is 0 Å². The van der Waals surface area contributed by atoms with E-state index < -0.39 is 5.82 Å². The molecule has 2 aromatic rings. The highest BCUT2D eigenvalue weighted by molar-refractivity contribution is 6.33. The minimum atomic E-state index is -0.543. The summed E-state index contributed by atoms with van der Waals surface area (Å²) in [5, 5.41) is 9.97. The first kappa shape index (κ1) is 17.7. The van der Waals surface area contributed by atoms with Crippen molar-refractivity contribution in [1.29, 1.82) is 0 Å². The van der Waals surface area contributed by atoms with Gasteiger partial charge < -0.3 is 15.2 Å². The van der Waals surface area contributed by atoms with E-state index in [2.05, 4.69) is 15.8 Å². The molecule has 8 heteroatoms.